The first-order valence-corrected chi connectivity index (χ1v) is 9.23. The van der Waals surface area contributed by atoms with Crippen LogP contribution in [0.2, 0.25) is 0 Å². The summed E-state index contributed by atoms with van der Waals surface area (Å²) in [6.45, 7) is 9.50. The molecule has 0 radical (unpaired) electrons. The molecule has 1 saturated heterocycles. The van der Waals surface area contributed by atoms with E-state index >= 15 is 0 Å². The molecule has 2 aromatic rings. The monoisotopic (exact) mass is 373 g/mol. The first-order chi connectivity index (χ1) is 13.0. The molecule has 2 N–H and O–H groups in total. The average Bonchev–Trinajstić information content (AvgIpc) is 3.11. The lowest BCUT2D eigenvalue weighted by Crippen LogP contribution is -2.51. The second-order valence-electron chi connectivity index (χ2n) is 6.94. The Morgan fingerprint density at radius 3 is 2.67 bits per heavy atom. The second kappa shape index (κ2) is 8.49. The number of carbonyl (C=O) groups excluding carboxylic acids is 1. The zero-order valence-corrected chi connectivity index (χ0v) is 16.1. The molecule has 1 unspecified atom stereocenters. The SMILES string of the molecule is Cc1ccc(OC(C)C(=O)N2CCN(Cc3noc(CN)n3)CC2)c(C)c1. The number of hydrogen-bond acceptors (Lipinski definition) is 7. The maximum Gasteiger partial charge on any atom is 0.263 e. The number of amides is 1. The number of carbonyl (C=O) groups is 1. The number of aromatic nitrogens is 2. The number of piperazine rings is 1. The van der Waals surface area contributed by atoms with Crippen molar-refractivity contribution in [3.05, 3.63) is 41.0 Å². The number of nitrogens with two attached hydrogens (primary N) is 1. The minimum Gasteiger partial charge on any atom is -0.481 e. The molecule has 1 amide bonds. The fourth-order valence-corrected chi connectivity index (χ4v) is 3.19. The van der Waals surface area contributed by atoms with E-state index in [0.717, 1.165) is 24.4 Å². The Balaban J connectivity index is 1.50. The van der Waals surface area contributed by atoms with E-state index in [9.17, 15) is 4.79 Å². The van der Waals surface area contributed by atoms with E-state index in [2.05, 4.69) is 21.1 Å². The van der Waals surface area contributed by atoms with Crippen LogP contribution in [0, 0.1) is 13.8 Å². The minimum absolute atomic E-state index is 0.0135. The molecular formula is C19H27N5O3. The molecule has 1 aromatic carbocycles. The van der Waals surface area contributed by atoms with Crippen molar-refractivity contribution in [2.45, 2.75) is 40.0 Å². The maximum atomic E-state index is 12.7. The zero-order valence-electron chi connectivity index (χ0n) is 16.1. The van der Waals surface area contributed by atoms with Crippen LogP contribution >= 0.6 is 0 Å². The summed E-state index contributed by atoms with van der Waals surface area (Å²) in [5.41, 5.74) is 7.70. The average molecular weight is 373 g/mol. The highest BCUT2D eigenvalue weighted by Gasteiger charge is 2.27. The van der Waals surface area contributed by atoms with Crippen LogP contribution < -0.4 is 10.5 Å². The molecule has 0 saturated carbocycles. The summed E-state index contributed by atoms with van der Waals surface area (Å²) < 4.78 is 10.9. The van der Waals surface area contributed by atoms with E-state index < -0.39 is 6.10 Å². The summed E-state index contributed by atoms with van der Waals surface area (Å²) in [6, 6.07) is 5.97. The summed E-state index contributed by atoms with van der Waals surface area (Å²) in [5.74, 6) is 1.84. The van der Waals surface area contributed by atoms with Crippen molar-refractivity contribution in [2.24, 2.45) is 5.73 Å². The van der Waals surface area contributed by atoms with Gasteiger partial charge in [0.2, 0.25) is 5.89 Å². The van der Waals surface area contributed by atoms with Crippen LogP contribution in [-0.2, 0) is 17.9 Å². The van der Waals surface area contributed by atoms with Crippen LogP contribution in [0.5, 0.6) is 5.75 Å². The molecule has 8 heteroatoms. The molecule has 1 atom stereocenters. The predicted octanol–water partition coefficient (Wildman–Crippen LogP) is 1.26. The Bertz CT molecular complexity index is 783. The van der Waals surface area contributed by atoms with E-state index in [4.69, 9.17) is 15.0 Å². The van der Waals surface area contributed by atoms with Gasteiger partial charge in [0, 0.05) is 26.2 Å². The van der Waals surface area contributed by atoms with Gasteiger partial charge in [0.25, 0.3) is 5.91 Å². The normalized spacial score (nSPS) is 16.4. The van der Waals surface area contributed by atoms with Crippen molar-refractivity contribution in [3.63, 3.8) is 0 Å². The van der Waals surface area contributed by atoms with Gasteiger partial charge in [-0.15, -0.1) is 0 Å². The maximum absolute atomic E-state index is 12.7. The van der Waals surface area contributed by atoms with E-state index in [1.54, 1.807) is 0 Å². The summed E-state index contributed by atoms with van der Waals surface area (Å²) in [4.78, 5) is 21.0. The van der Waals surface area contributed by atoms with E-state index in [1.165, 1.54) is 5.56 Å². The largest absolute Gasteiger partial charge is 0.481 e. The standard InChI is InChI=1S/C19H27N5O3/c1-13-4-5-16(14(2)10-13)26-15(3)19(25)24-8-6-23(7-9-24)12-17-21-18(11-20)27-22-17/h4-5,10,15H,6-9,11-12,20H2,1-3H3. The van der Waals surface area contributed by atoms with Gasteiger partial charge in [-0.25, -0.2) is 0 Å². The van der Waals surface area contributed by atoms with Crippen molar-refractivity contribution in [3.8, 4) is 5.75 Å². The van der Waals surface area contributed by atoms with Gasteiger partial charge in [-0.05, 0) is 32.4 Å². The molecule has 0 aliphatic carbocycles. The van der Waals surface area contributed by atoms with E-state index in [1.807, 2.05) is 37.8 Å². The second-order valence-corrected chi connectivity index (χ2v) is 6.94. The first-order valence-electron chi connectivity index (χ1n) is 9.23. The Morgan fingerprint density at radius 2 is 2.04 bits per heavy atom. The fraction of sp³-hybridized carbons (Fsp3) is 0.526. The van der Waals surface area contributed by atoms with Crippen LogP contribution in [0.4, 0.5) is 0 Å². The minimum atomic E-state index is -0.512. The molecule has 1 fully saturated rings. The summed E-state index contributed by atoms with van der Waals surface area (Å²) in [7, 11) is 0. The number of rotatable bonds is 6. The Morgan fingerprint density at radius 1 is 1.30 bits per heavy atom. The quantitative estimate of drug-likeness (QED) is 0.814. The third-order valence-electron chi connectivity index (χ3n) is 4.72. The fourth-order valence-electron chi connectivity index (χ4n) is 3.19. The number of nitrogens with zero attached hydrogens (tertiary/aromatic N) is 4. The third kappa shape index (κ3) is 4.84. The van der Waals surface area contributed by atoms with Gasteiger partial charge in [-0.1, -0.05) is 22.9 Å². The number of aryl methyl sites for hydroxylation is 2. The number of ether oxygens (including phenoxy) is 1. The van der Waals surface area contributed by atoms with Crippen LogP contribution in [0.15, 0.2) is 22.7 Å². The molecule has 2 heterocycles. The molecular weight excluding hydrogens is 346 g/mol. The van der Waals surface area contributed by atoms with E-state index in [-0.39, 0.29) is 12.5 Å². The highest BCUT2D eigenvalue weighted by Crippen LogP contribution is 2.21. The lowest BCUT2D eigenvalue weighted by molar-refractivity contribution is -0.139. The highest BCUT2D eigenvalue weighted by molar-refractivity contribution is 5.81. The molecule has 1 aliphatic rings. The van der Waals surface area contributed by atoms with Gasteiger partial charge in [-0.2, -0.15) is 4.98 Å². The summed E-state index contributed by atoms with van der Waals surface area (Å²) >= 11 is 0. The summed E-state index contributed by atoms with van der Waals surface area (Å²) in [6.07, 6.45) is -0.512. The van der Waals surface area contributed by atoms with Crippen LogP contribution in [-0.4, -0.2) is 58.1 Å². The Labute approximate surface area is 159 Å². The smallest absolute Gasteiger partial charge is 0.263 e. The van der Waals surface area contributed by atoms with Crippen LogP contribution in [0.3, 0.4) is 0 Å². The molecule has 3 rings (SSSR count). The lowest BCUT2D eigenvalue weighted by atomic mass is 10.1. The molecule has 0 bridgehead atoms. The molecule has 8 nitrogen and oxygen atoms in total. The van der Waals surface area contributed by atoms with Gasteiger partial charge in [0.1, 0.15) is 5.75 Å². The van der Waals surface area contributed by atoms with Gasteiger partial charge in [0.15, 0.2) is 11.9 Å². The summed E-state index contributed by atoms with van der Waals surface area (Å²) in [5, 5.41) is 3.92. The zero-order chi connectivity index (χ0) is 19.4. The van der Waals surface area contributed by atoms with Crippen molar-refractivity contribution in [1.82, 2.24) is 19.9 Å². The van der Waals surface area contributed by atoms with Crippen molar-refractivity contribution in [2.75, 3.05) is 26.2 Å². The van der Waals surface area contributed by atoms with Crippen molar-refractivity contribution in [1.29, 1.82) is 0 Å². The van der Waals surface area contributed by atoms with Crippen LogP contribution in [0.25, 0.3) is 0 Å². The van der Waals surface area contributed by atoms with E-state index in [0.29, 0.717) is 31.3 Å². The highest BCUT2D eigenvalue weighted by atomic mass is 16.5. The molecule has 27 heavy (non-hydrogen) atoms. The lowest BCUT2D eigenvalue weighted by Gasteiger charge is -2.35. The number of hydrogen-bond donors (Lipinski definition) is 1. The molecule has 146 valence electrons. The molecule has 1 aliphatic heterocycles. The van der Waals surface area contributed by atoms with Crippen LogP contribution in [0.1, 0.15) is 29.8 Å². The molecule has 1 aromatic heterocycles. The van der Waals surface area contributed by atoms with Gasteiger partial charge < -0.3 is 19.9 Å². The Hall–Kier alpha value is -2.45. The van der Waals surface area contributed by atoms with Gasteiger partial charge >= 0.3 is 0 Å². The number of benzene rings is 1. The molecule has 0 spiro atoms. The van der Waals surface area contributed by atoms with Gasteiger partial charge in [0.05, 0.1) is 13.1 Å². The van der Waals surface area contributed by atoms with Crippen molar-refractivity contribution < 1.29 is 14.1 Å². The predicted molar refractivity (Wildman–Crippen MR) is 100 cm³/mol. The first kappa shape index (κ1) is 19.3. The third-order valence-corrected chi connectivity index (χ3v) is 4.72. The van der Waals surface area contributed by atoms with Crippen molar-refractivity contribution >= 4 is 5.91 Å². The topological polar surface area (TPSA) is 97.7 Å². The Kier molecular flexibility index (Phi) is 6.08. The van der Waals surface area contributed by atoms with Gasteiger partial charge in [-0.3, -0.25) is 9.69 Å².